The Kier molecular flexibility index (Phi) is 5.01. The maximum Gasteiger partial charge on any atom is 0.318 e. The summed E-state index contributed by atoms with van der Waals surface area (Å²) in [5.41, 5.74) is 3.63. The minimum atomic E-state index is -0.331. The highest BCUT2D eigenvalue weighted by Crippen LogP contribution is 2.29. The summed E-state index contributed by atoms with van der Waals surface area (Å²) in [5, 5.41) is 21.8. The standard InChI is InChI=1S/C20H21N3O2/c1-14(17-7-4-5-15(11-17)12-21)22-20(25)23-10-9-16-6-2-3-8-18(16)19(23)13-24/h2-8,11,14,19,24H,9-10,13H2,1H3,(H,22,25)/t14-,19-/m1/s1. The van der Waals surface area contributed by atoms with E-state index in [2.05, 4.69) is 11.4 Å². The largest absolute Gasteiger partial charge is 0.394 e. The third kappa shape index (κ3) is 3.49. The van der Waals surface area contributed by atoms with Crippen molar-refractivity contribution in [1.29, 1.82) is 5.26 Å². The zero-order valence-corrected chi connectivity index (χ0v) is 14.1. The molecular formula is C20H21N3O2. The number of amides is 2. The van der Waals surface area contributed by atoms with Crippen LogP contribution in [0.25, 0.3) is 0 Å². The van der Waals surface area contributed by atoms with Crippen molar-refractivity contribution in [3.63, 3.8) is 0 Å². The molecular weight excluding hydrogens is 314 g/mol. The van der Waals surface area contributed by atoms with E-state index in [9.17, 15) is 9.90 Å². The van der Waals surface area contributed by atoms with Gasteiger partial charge >= 0.3 is 6.03 Å². The predicted molar refractivity (Wildman–Crippen MR) is 94.8 cm³/mol. The summed E-state index contributed by atoms with van der Waals surface area (Å²) in [6.45, 7) is 2.35. The Morgan fingerprint density at radius 1 is 1.36 bits per heavy atom. The van der Waals surface area contributed by atoms with Gasteiger partial charge < -0.3 is 15.3 Å². The molecule has 0 aliphatic carbocycles. The minimum Gasteiger partial charge on any atom is -0.394 e. The SMILES string of the molecule is C[C@@H](NC(=O)N1CCc2ccccc2[C@H]1CO)c1cccc(C#N)c1. The Hall–Kier alpha value is -2.84. The van der Waals surface area contributed by atoms with E-state index in [1.807, 2.05) is 43.3 Å². The molecule has 0 saturated carbocycles. The summed E-state index contributed by atoms with van der Waals surface area (Å²) in [7, 11) is 0. The highest BCUT2D eigenvalue weighted by atomic mass is 16.3. The van der Waals surface area contributed by atoms with Gasteiger partial charge in [-0.1, -0.05) is 36.4 Å². The average Bonchev–Trinajstić information content (AvgIpc) is 2.66. The number of hydrogen-bond acceptors (Lipinski definition) is 3. The molecule has 0 saturated heterocycles. The van der Waals surface area contributed by atoms with Gasteiger partial charge in [-0.3, -0.25) is 0 Å². The van der Waals surface area contributed by atoms with Crippen LogP contribution in [0.1, 0.15) is 41.3 Å². The van der Waals surface area contributed by atoms with Gasteiger partial charge in [-0.15, -0.1) is 0 Å². The molecule has 2 aromatic rings. The van der Waals surface area contributed by atoms with E-state index in [-0.39, 0.29) is 24.7 Å². The molecule has 2 atom stereocenters. The van der Waals surface area contributed by atoms with Crippen LogP contribution >= 0.6 is 0 Å². The van der Waals surface area contributed by atoms with Crippen molar-refractivity contribution in [3.05, 3.63) is 70.8 Å². The number of hydrogen-bond donors (Lipinski definition) is 2. The van der Waals surface area contributed by atoms with Gasteiger partial charge in [-0.05, 0) is 42.2 Å². The van der Waals surface area contributed by atoms with Gasteiger partial charge in [0.15, 0.2) is 0 Å². The Bertz CT molecular complexity index is 813. The van der Waals surface area contributed by atoms with Gasteiger partial charge in [0.2, 0.25) is 0 Å². The quantitative estimate of drug-likeness (QED) is 0.905. The maximum absolute atomic E-state index is 12.8. The van der Waals surface area contributed by atoms with Crippen molar-refractivity contribution in [2.75, 3.05) is 13.2 Å². The van der Waals surface area contributed by atoms with Crippen molar-refractivity contribution in [2.24, 2.45) is 0 Å². The molecule has 0 aromatic heterocycles. The van der Waals surface area contributed by atoms with Crippen molar-refractivity contribution in [1.82, 2.24) is 10.2 Å². The summed E-state index contributed by atoms with van der Waals surface area (Å²) >= 11 is 0. The molecule has 128 valence electrons. The second-order valence-electron chi connectivity index (χ2n) is 6.25. The van der Waals surface area contributed by atoms with E-state index in [1.165, 1.54) is 5.56 Å². The number of carbonyl (C=O) groups excluding carboxylic acids is 1. The second-order valence-corrected chi connectivity index (χ2v) is 6.25. The number of nitriles is 1. The van der Waals surface area contributed by atoms with Crippen molar-refractivity contribution in [3.8, 4) is 6.07 Å². The van der Waals surface area contributed by atoms with Crippen molar-refractivity contribution in [2.45, 2.75) is 25.4 Å². The molecule has 2 aromatic carbocycles. The third-order valence-corrected chi connectivity index (χ3v) is 4.70. The van der Waals surface area contributed by atoms with Gasteiger partial charge in [0, 0.05) is 6.54 Å². The van der Waals surface area contributed by atoms with Crippen LogP contribution in [0.4, 0.5) is 4.79 Å². The van der Waals surface area contributed by atoms with E-state index in [0.29, 0.717) is 12.1 Å². The Morgan fingerprint density at radius 2 is 2.16 bits per heavy atom. The molecule has 2 amide bonds. The number of rotatable bonds is 3. The van der Waals surface area contributed by atoms with Crippen LogP contribution in [0.3, 0.4) is 0 Å². The van der Waals surface area contributed by atoms with Gasteiger partial charge in [-0.25, -0.2) is 4.79 Å². The number of carbonyl (C=O) groups is 1. The zero-order chi connectivity index (χ0) is 17.8. The summed E-state index contributed by atoms with van der Waals surface area (Å²) in [5.74, 6) is 0. The molecule has 0 radical (unpaired) electrons. The lowest BCUT2D eigenvalue weighted by Gasteiger charge is -2.37. The molecule has 1 aliphatic heterocycles. The first-order chi connectivity index (χ1) is 12.1. The number of benzene rings is 2. The van der Waals surface area contributed by atoms with Crippen LogP contribution < -0.4 is 5.32 Å². The molecule has 0 bridgehead atoms. The molecule has 5 nitrogen and oxygen atoms in total. The van der Waals surface area contributed by atoms with E-state index in [0.717, 1.165) is 17.5 Å². The molecule has 25 heavy (non-hydrogen) atoms. The lowest BCUT2D eigenvalue weighted by molar-refractivity contribution is 0.125. The molecule has 5 heteroatoms. The average molecular weight is 335 g/mol. The number of nitrogens with zero attached hydrogens (tertiary/aromatic N) is 2. The van der Waals surface area contributed by atoms with E-state index in [4.69, 9.17) is 5.26 Å². The van der Waals surface area contributed by atoms with Crippen molar-refractivity contribution >= 4 is 6.03 Å². The fourth-order valence-corrected chi connectivity index (χ4v) is 3.32. The van der Waals surface area contributed by atoms with Crippen LogP contribution in [-0.4, -0.2) is 29.2 Å². The number of aliphatic hydroxyl groups is 1. The smallest absolute Gasteiger partial charge is 0.318 e. The highest BCUT2D eigenvalue weighted by Gasteiger charge is 2.30. The number of nitrogens with one attached hydrogen (secondary N) is 1. The van der Waals surface area contributed by atoms with Gasteiger partial charge in [0.05, 0.1) is 30.3 Å². The number of aliphatic hydroxyl groups excluding tert-OH is 1. The zero-order valence-electron chi connectivity index (χ0n) is 14.1. The topological polar surface area (TPSA) is 76.4 Å². The fraction of sp³-hybridized carbons (Fsp3) is 0.300. The second kappa shape index (κ2) is 7.37. The Balaban J connectivity index is 1.75. The first kappa shape index (κ1) is 17.0. The summed E-state index contributed by atoms with van der Waals surface area (Å²) < 4.78 is 0. The van der Waals surface area contributed by atoms with Gasteiger partial charge in [0.1, 0.15) is 0 Å². The monoisotopic (exact) mass is 335 g/mol. The van der Waals surface area contributed by atoms with Crippen molar-refractivity contribution < 1.29 is 9.90 Å². The molecule has 0 unspecified atom stereocenters. The molecule has 0 fully saturated rings. The lowest BCUT2D eigenvalue weighted by Crippen LogP contribution is -2.47. The van der Waals surface area contributed by atoms with Crippen LogP contribution in [-0.2, 0) is 6.42 Å². The number of fused-ring (bicyclic) bond motifs is 1. The van der Waals surface area contributed by atoms with Crippen LogP contribution in [0, 0.1) is 11.3 Å². The lowest BCUT2D eigenvalue weighted by atomic mass is 9.93. The van der Waals surface area contributed by atoms with Crippen LogP contribution in [0.15, 0.2) is 48.5 Å². The highest BCUT2D eigenvalue weighted by molar-refractivity contribution is 5.76. The summed E-state index contributed by atoms with van der Waals surface area (Å²) in [6.07, 6.45) is 0.776. The Labute approximate surface area is 147 Å². The van der Waals surface area contributed by atoms with E-state index < -0.39 is 0 Å². The fourth-order valence-electron chi connectivity index (χ4n) is 3.32. The summed E-state index contributed by atoms with van der Waals surface area (Å²) in [6, 6.07) is 16.5. The normalized spacial score (nSPS) is 17.3. The first-order valence-corrected chi connectivity index (χ1v) is 8.40. The van der Waals surface area contributed by atoms with Crippen LogP contribution in [0.2, 0.25) is 0 Å². The van der Waals surface area contributed by atoms with Crippen LogP contribution in [0.5, 0.6) is 0 Å². The van der Waals surface area contributed by atoms with Gasteiger partial charge in [-0.2, -0.15) is 5.26 Å². The summed E-state index contributed by atoms with van der Waals surface area (Å²) in [4.78, 5) is 14.4. The predicted octanol–water partition coefficient (Wildman–Crippen LogP) is 2.92. The number of urea groups is 1. The third-order valence-electron chi connectivity index (χ3n) is 4.70. The first-order valence-electron chi connectivity index (χ1n) is 8.40. The maximum atomic E-state index is 12.8. The molecule has 3 rings (SSSR count). The molecule has 1 heterocycles. The molecule has 0 spiro atoms. The molecule has 1 aliphatic rings. The minimum absolute atomic E-state index is 0.108. The molecule has 2 N–H and O–H groups in total. The van der Waals surface area contributed by atoms with E-state index >= 15 is 0 Å². The van der Waals surface area contributed by atoms with Gasteiger partial charge in [0.25, 0.3) is 0 Å². The van der Waals surface area contributed by atoms with E-state index in [1.54, 1.807) is 17.0 Å². The Morgan fingerprint density at radius 3 is 2.92 bits per heavy atom.